The van der Waals surface area contributed by atoms with Gasteiger partial charge in [0, 0.05) is 11.1 Å². The molecule has 0 saturated heterocycles. The Labute approximate surface area is 127 Å². The highest BCUT2D eigenvalue weighted by Crippen LogP contribution is 2.21. The molecule has 0 amide bonds. The van der Waals surface area contributed by atoms with Crippen molar-refractivity contribution in [3.8, 4) is 5.75 Å². The minimum Gasteiger partial charge on any atom is -0.473 e. The molecule has 3 aromatic carbocycles. The summed E-state index contributed by atoms with van der Waals surface area (Å²) in [4.78, 5) is 0. The van der Waals surface area contributed by atoms with Crippen LogP contribution in [0.2, 0.25) is 0 Å². The molecule has 2 nitrogen and oxygen atoms in total. The number of hydrogen-bond donors (Lipinski definition) is 1. The highest BCUT2D eigenvalue weighted by molar-refractivity contribution is 6.39. The molecule has 0 fully saturated rings. The van der Waals surface area contributed by atoms with E-state index < -0.39 is 0 Å². The van der Waals surface area contributed by atoms with Gasteiger partial charge in [-0.15, -0.1) is 0 Å². The maximum atomic E-state index is 5.99. The van der Waals surface area contributed by atoms with E-state index in [1.165, 1.54) is 0 Å². The predicted molar refractivity (Wildman–Crippen MR) is 90.3 cm³/mol. The Morgan fingerprint density at radius 1 is 0.857 bits per heavy atom. The Morgan fingerprint density at radius 2 is 1.67 bits per heavy atom. The highest BCUT2D eigenvalue weighted by Gasteiger charge is 2.02. The lowest BCUT2D eigenvalue weighted by Crippen LogP contribution is -2.12. The standard InChI is InChI=1S/C17H13B2NO/c18-12-4-3-5-13(10-12)21-11-20-17-9-8-16(19)14-6-1-2-7-15(14)17/h1-10,20H,11H2. The zero-order valence-electron chi connectivity index (χ0n) is 11.5. The second-order valence-electron chi connectivity index (χ2n) is 4.79. The molecule has 0 heterocycles. The van der Waals surface area contributed by atoms with Crippen LogP contribution in [0.3, 0.4) is 0 Å². The smallest absolute Gasteiger partial charge is 0.159 e. The third-order valence-electron chi connectivity index (χ3n) is 3.32. The Bertz CT molecular complexity index is 774. The lowest BCUT2D eigenvalue weighted by Gasteiger charge is -2.13. The molecule has 0 aliphatic carbocycles. The van der Waals surface area contributed by atoms with Gasteiger partial charge in [0.15, 0.2) is 6.73 Å². The second-order valence-corrected chi connectivity index (χ2v) is 4.79. The third-order valence-corrected chi connectivity index (χ3v) is 3.32. The summed E-state index contributed by atoms with van der Waals surface area (Å²) < 4.78 is 5.65. The molecule has 21 heavy (non-hydrogen) atoms. The van der Waals surface area contributed by atoms with Crippen molar-refractivity contribution in [2.24, 2.45) is 0 Å². The largest absolute Gasteiger partial charge is 0.473 e. The Hall–Kier alpha value is -2.35. The van der Waals surface area contributed by atoms with Gasteiger partial charge >= 0.3 is 0 Å². The van der Waals surface area contributed by atoms with Gasteiger partial charge in [-0.05, 0) is 23.6 Å². The fourth-order valence-electron chi connectivity index (χ4n) is 2.28. The van der Waals surface area contributed by atoms with Gasteiger partial charge in [-0.2, -0.15) is 0 Å². The molecule has 0 atom stereocenters. The number of anilines is 1. The lowest BCUT2D eigenvalue weighted by atomic mass is 9.89. The number of rotatable bonds is 4. The number of fused-ring (bicyclic) bond motifs is 1. The molecular weight excluding hydrogens is 256 g/mol. The molecule has 3 aromatic rings. The van der Waals surface area contributed by atoms with Crippen LogP contribution >= 0.6 is 0 Å². The van der Waals surface area contributed by atoms with Crippen molar-refractivity contribution in [2.45, 2.75) is 0 Å². The molecule has 1 N–H and O–H groups in total. The fourth-order valence-corrected chi connectivity index (χ4v) is 2.28. The van der Waals surface area contributed by atoms with Crippen LogP contribution in [0, 0.1) is 0 Å². The van der Waals surface area contributed by atoms with E-state index in [2.05, 4.69) is 5.32 Å². The van der Waals surface area contributed by atoms with Crippen molar-refractivity contribution in [1.29, 1.82) is 0 Å². The van der Waals surface area contributed by atoms with E-state index in [4.69, 9.17) is 20.4 Å². The molecule has 4 radical (unpaired) electrons. The maximum Gasteiger partial charge on any atom is 0.159 e. The summed E-state index contributed by atoms with van der Waals surface area (Å²) in [6.45, 7) is 0.358. The van der Waals surface area contributed by atoms with Crippen LogP contribution in [0.15, 0.2) is 60.7 Å². The molecule has 0 aliphatic rings. The van der Waals surface area contributed by atoms with E-state index in [-0.39, 0.29) is 0 Å². The molecule has 0 bridgehead atoms. The zero-order valence-corrected chi connectivity index (χ0v) is 11.5. The van der Waals surface area contributed by atoms with Crippen molar-refractivity contribution in [3.05, 3.63) is 60.7 Å². The number of benzene rings is 3. The molecule has 4 heteroatoms. The monoisotopic (exact) mass is 269 g/mol. The Kier molecular flexibility index (Phi) is 3.87. The van der Waals surface area contributed by atoms with Gasteiger partial charge < -0.3 is 10.1 Å². The van der Waals surface area contributed by atoms with Crippen molar-refractivity contribution in [3.63, 3.8) is 0 Å². The van der Waals surface area contributed by atoms with Crippen LogP contribution in [0.5, 0.6) is 5.75 Å². The first-order valence-electron chi connectivity index (χ1n) is 6.73. The van der Waals surface area contributed by atoms with Gasteiger partial charge in [-0.1, -0.05) is 53.4 Å². The summed E-state index contributed by atoms with van der Waals surface area (Å²) in [6, 6.07) is 19.2. The lowest BCUT2D eigenvalue weighted by molar-refractivity contribution is 0.347. The summed E-state index contributed by atoms with van der Waals surface area (Å²) in [7, 11) is 11.7. The van der Waals surface area contributed by atoms with Crippen LogP contribution < -0.4 is 21.0 Å². The quantitative estimate of drug-likeness (QED) is 0.576. The first-order valence-corrected chi connectivity index (χ1v) is 6.73. The molecular formula is C17H13B2NO. The molecule has 98 valence electrons. The predicted octanol–water partition coefficient (Wildman–Crippen LogP) is 1.88. The van der Waals surface area contributed by atoms with Crippen LogP contribution in [0.25, 0.3) is 10.8 Å². The van der Waals surface area contributed by atoms with Crippen molar-refractivity contribution in [1.82, 2.24) is 0 Å². The van der Waals surface area contributed by atoms with E-state index >= 15 is 0 Å². The van der Waals surface area contributed by atoms with Gasteiger partial charge in [0.2, 0.25) is 0 Å². The van der Waals surface area contributed by atoms with E-state index in [1.54, 1.807) is 6.07 Å². The van der Waals surface area contributed by atoms with E-state index in [1.807, 2.05) is 54.6 Å². The minimum absolute atomic E-state index is 0.358. The van der Waals surface area contributed by atoms with Crippen LogP contribution in [0.1, 0.15) is 0 Å². The first-order chi connectivity index (χ1) is 10.2. The average molecular weight is 269 g/mol. The van der Waals surface area contributed by atoms with Gasteiger partial charge in [-0.25, -0.2) is 0 Å². The Morgan fingerprint density at radius 3 is 2.48 bits per heavy atom. The molecule has 3 rings (SSSR count). The van der Waals surface area contributed by atoms with E-state index in [0.717, 1.165) is 27.7 Å². The van der Waals surface area contributed by atoms with Crippen LogP contribution in [-0.2, 0) is 0 Å². The van der Waals surface area contributed by atoms with Gasteiger partial charge in [0.05, 0.1) is 0 Å². The zero-order chi connectivity index (χ0) is 14.7. The third kappa shape index (κ3) is 3.05. The highest BCUT2D eigenvalue weighted by atomic mass is 16.5. The maximum absolute atomic E-state index is 5.99. The summed E-state index contributed by atoms with van der Waals surface area (Å²) in [5, 5.41) is 5.38. The van der Waals surface area contributed by atoms with Gasteiger partial charge in [0.1, 0.15) is 21.4 Å². The normalized spacial score (nSPS) is 10.5. The molecule has 0 unspecified atom stereocenters. The fraction of sp³-hybridized carbons (Fsp3) is 0.0588. The summed E-state index contributed by atoms with van der Waals surface area (Å²) >= 11 is 0. The van der Waals surface area contributed by atoms with Gasteiger partial charge in [-0.3, -0.25) is 0 Å². The Balaban J connectivity index is 1.75. The molecule has 0 aromatic heterocycles. The average Bonchev–Trinajstić information content (AvgIpc) is 2.50. The number of ether oxygens (including phenoxy) is 1. The van der Waals surface area contributed by atoms with E-state index in [0.29, 0.717) is 12.2 Å². The summed E-state index contributed by atoms with van der Waals surface area (Å²) in [6.07, 6.45) is 0. The van der Waals surface area contributed by atoms with Crippen molar-refractivity contribution < 1.29 is 4.74 Å². The van der Waals surface area contributed by atoms with Crippen molar-refractivity contribution >= 4 is 43.1 Å². The molecule has 0 saturated carbocycles. The van der Waals surface area contributed by atoms with E-state index in [9.17, 15) is 0 Å². The van der Waals surface area contributed by atoms with Crippen LogP contribution in [-0.4, -0.2) is 22.4 Å². The second kappa shape index (κ2) is 5.96. The summed E-state index contributed by atoms with van der Waals surface area (Å²) in [5.74, 6) is 0.738. The topological polar surface area (TPSA) is 21.3 Å². The van der Waals surface area contributed by atoms with Gasteiger partial charge in [0.25, 0.3) is 0 Å². The molecule has 0 aliphatic heterocycles. The SMILES string of the molecule is [B]c1cccc(OCNc2ccc([B])c3ccccc23)c1. The number of nitrogens with one attached hydrogen (secondary N) is 1. The minimum atomic E-state index is 0.358. The van der Waals surface area contributed by atoms with Crippen LogP contribution in [0.4, 0.5) is 5.69 Å². The number of hydrogen-bond acceptors (Lipinski definition) is 2. The first kappa shape index (κ1) is 13.6. The summed E-state index contributed by atoms with van der Waals surface area (Å²) in [5.41, 5.74) is 2.45. The molecule has 0 spiro atoms. The van der Waals surface area contributed by atoms with Crippen molar-refractivity contribution in [2.75, 3.05) is 12.0 Å².